The van der Waals surface area contributed by atoms with Gasteiger partial charge in [0.15, 0.2) is 0 Å². The van der Waals surface area contributed by atoms with Crippen LogP contribution in [0.2, 0.25) is 0 Å². The van der Waals surface area contributed by atoms with E-state index >= 15 is 0 Å². The Bertz CT molecular complexity index is 345. The van der Waals surface area contributed by atoms with Crippen LogP contribution >= 0.6 is 0 Å². The Kier molecular flexibility index (Phi) is 11.2. The molecule has 0 aromatic carbocycles. The molecule has 0 saturated carbocycles. The fourth-order valence-electron chi connectivity index (χ4n) is 2.49. The van der Waals surface area contributed by atoms with Crippen molar-refractivity contribution < 1.29 is 37.0 Å². The Morgan fingerprint density at radius 1 is 0.792 bits per heavy atom. The van der Waals surface area contributed by atoms with Crippen molar-refractivity contribution in [2.75, 3.05) is 6.61 Å². The van der Waals surface area contributed by atoms with Gasteiger partial charge in [-0.15, -0.1) is 0 Å². The zero-order valence-corrected chi connectivity index (χ0v) is 13.8. The minimum atomic E-state index is -5.58. The molecular formula is C16H27F5O3. The molecule has 24 heavy (non-hydrogen) atoms. The average molecular weight is 362 g/mol. The van der Waals surface area contributed by atoms with Crippen LogP contribution in [0.4, 0.5) is 22.0 Å². The first-order chi connectivity index (χ1) is 11.1. The van der Waals surface area contributed by atoms with Gasteiger partial charge in [0.05, 0.1) is 5.92 Å². The highest BCUT2D eigenvalue weighted by Gasteiger charge is 2.56. The fraction of sp³-hybridized carbons (Fsp3) is 0.938. The standard InChI is InChI=1S/C16H27F5O3/c17-15(18,16(19,20)21)11-8-10-13(14(23)24)9-6-4-2-1-3-5-7-12-22/h13,22H,1-12H2,(H,23,24). The molecule has 1 unspecified atom stereocenters. The van der Waals surface area contributed by atoms with Gasteiger partial charge in [0.1, 0.15) is 0 Å². The van der Waals surface area contributed by atoms with E-state index in [0.29, 0.717) is 12.8 Å². The van der Waals surface area contributed by atoms with Gasteiger partial charge in [-0.2, -0.15) is 22.0 Å². The Morgan fingerprint density at radius 3 is 1.71 bits per heavy atom. The van der Waals surface area contributed by atoms with Gasteiger partial charge in [-0.05, 0) is 25.7 Å². The van der Waals surface area contributed by atoms with Crippen LogP contribution in [0.3, 0.4) is 0 Å². The maximum Gasteiger partial charge on any atom is 0.453 e. The predicted molar refractivity (Wildman–Crippen MR) is 80.0 cm³/mol. The van der Waals surface area contributed by atoms with Crippen LogP contribution in [-0.2, 0) is 4.79 Å². The first kappa shape index (κ1) is 23.1. The van der Waals surface area contributed by atoms with Gasteiger partial charge in [-0.3, -0.25) is 4.79 Å². The second-order valence-corrected chi connectivity index (χ2v) is 6.12. The Morgan fingerprint density at radius 2 is 1.25 bits per heavy atom. The van der Waals surface area contributed by atoms with E-state index in [1.165, 1.54) is 0 Å². The van der Waals surface area contributed by atoms with E-state index in [1.807, 2.05) is 0 Å². The van der Waals surface area contributed by atoms with Gasteiger partial charge in [0, 0.05) is 13.0 Å². The van der Waals surface area contributed by atoms with Gasteiger partial charge in [-0.1, -0.05) is 38.5 Å². The first-order valence-electron chi connectivity index (χ1n) is 8.40. The Labute approximate surface area is 139 Å². The average Bonchev–Trinajstić information content (AvgIpc) is 2.46. The summed E-state index contributed by atoms with van der Waals surface area (Å²) < 4.78 is 61.7. The molecule has 0 rings (SSSR count). The molecule has 0 aliphatic rings. The van der Waals surface area contributed by atoms with Gasteiger partial charge < -0.3 is 10.2 Å². The third-order valence-corrected chi connectivity index (χ3v) is 4.02. The zero-order chi connectivity index (χ0) is 18.6. The molecule has 0 heterocycles. The van der Waals surface area contributed by atoms with Gasteiger partial charge in [-0.25, -0.2) is 0 Å². The number of aliphatic hydroxyl groups is 1. The molecule has 0 saturated heterocycles. The lowest BCUT2D eigenvalue weighted by atomic mass is 9.94. The van der Waals surface area contributed by atoms with Gasteiger partial charge in [0.25, 0.3) is 0 Å². The number of rotatable bonds is 14. The summed E-state index contributed by atoms with van der Waals surface area (Å²) in [5.41, 5.74) is 0. The molecule has 2 N–H and O–H groups in total. The van der Waals surface area contributed by atoms with E-state index in [9.17, 15) is 26.7 Å². The molecule has 0 aliphatic heterocycles. The fourth-order valence-corrected chi connectivity index (χ4v) is 2.49. The lowest BCUT2D eigenvalue weighted by Crippen LogP contribution is -2.36. The van der Waals surface area contributed by atoms with Crippen LogP contribution in [0.15, 0.2) is 0 Å². The highest BCUT2D eigenvalue weighted by atomic mass is 19.4. The number of unbranched alkanes of at least 4 members (excludes halogenated alkanes) is 6. The molecular weight excluding hydrogens is 335 g/mol. The molecule has 0 aromatic rings. The molecule has 0 bridgehead atoms. The highest BCUT2D eigenvalue weighted by Crippen LogP contribution is 2.39. The first-order valence-corrected chi connectivity index (χ1v) is 8.40. The van der Waals surface area contributed by atoms with E-state index in [-0.39, 0.29) is 13.0 Å². The van der Waals surface area contributed by atoms with Crippen LogP contribution in [0.5, 0.6) is 0 Å². The minimum absolute atomic E-state index is 0.169. The molecule has 0 radical (unpaired) electrons. The van der Waals surface area contributed by atoms with Gasteiger partial charge >= 0.3 is 18.1 Å². The Hall–Kier alpha value is -0.920. The molecule has 8 heteroatoms. The number of carboxylic acids is 1. The lowest BCUT2D eigenvalue weighted by Gasteiger charge is -2.20. The quantitative estimate of drug-likeness (QED) is 0.331. The number of carboxylic acid groups (broad SMARTS) is 1. The molecule has 0 amide bonds. The van der Waals surface area contributed by atoms with Crippen molar-refractivity contribution in [3.63, 3.8) is 0 Å². The second-order valence-electron chi connectivity index (χ2n) is 6.12. The number of hydrogen-bond acceptors (Lipinski definition) is 2. The number of carbonyl (C=O) groups is 1. The minimum Gasteiger partial charge on any atom is -0.481 e. The summed E-state index contributed by atoms with van der Waals surface area (Å²) >= 11 is 0. The van der Waals surface area contributed by atoms with Crippen molar-refractivity contribution in [2.45, 2.75) is 82.7 Å². The van der Waals surface area contributed by atoms with Gasteiger partial charge in [0.2, 0.25) is 0 Å². The summed E-state index contributed by atoms with van der Waals surface area (Å²) in [6.07, 6.45) is -1.26. The number of alkyl halides is 5. The molecule has 144 valence electrons. The van der Waals surface area contributed by atoms with Crippen LogP contribution in [-0.4, -0.2) is 34.9 Å². The monoisotopic (exact) mass is 362 g/mol. The van der Waals surface area contributed by atoms with Crippen LogP contribution in [0.1, 0.15) is 70.6 Å². The SMILES string of the molecule is O=C(O)C(CCCCCCCCCO)CCCC(F)(F)C(F)(F)F. The summed E-state index contributed by atoms with van der Waals surface area (Å²) in [4.78, 5) is 11.1. The third-order valence-electron chi connectivity index (χ3n) is 4.02. The summed E-state index contributed by atoms with van der Waals surface area (Å²) in [6, 6.07) is 0. The molecule has 0 aliphatic carbocycles. The van der Waals surface area contributed by atoms with Crippen LogP contribution < -0.4 is 0 Å². The number of aliphatic carboxylic acids is 1. The van der Waals surface area contributed by atoms with Crippen molar-refractivity contribution >= 4 is 5.97 Å². The second kappa shape index (κ2) is 11.6. The van der Waals surface area contributed by atoms with Crippen molar-refractivity contribution in [1.82, 2.24) is 0 Å². The van der Waals surface area contributed by atoms with E-state index < -0.39 is 36.8 Å². The van der Waals surface area contributed by atoms with Crippen molar-refractivity contribution in [2.24, 2.45) is 5.92 Å². The number of aliphatic hydroxyl groups excluding tert-OH is 1. The molecule has 3 nitrogen and oxygen atoms in total. The maximum absolute atomic E-state index is 12.8. The van der Waals surface area contributed by atoms with Crippen LogP contribution in [0, 0.1) is 5.92 Å². The lowest BCUT2D eigenvalue weighted by molar-refractivity contribution is -0.284. The Balaban J connectivity index is 3.93. The molecule has 0 aromatic heterocycles. The highest BCUT2D eigenvalue weighted by molar-refractivity contribution is 5.69. The molecule has 0 fully saturated rings. The zero-order valence-electron chi connectivity index (χ0n) is 13.8. The van der Waals surface area contributed by atoms with Crippen molar-refractivity contribution in [1.29, 1.82) is 0 Å². The van der Waals surface area contributed by atoms with E-state index in [1.54, 1.807) is 0 Å². The van der Waals surface area contributed by atoms with E-state index in [0.717, 1.165) is 38.5 Å². The number of halogens is 5. The summed E-state index contributed by atoms with van der Waals surface area (Å²) in [6.45, 7) is 0.174. The topological polar surface area (TPSA) is 57.5 Å². The largest absolute Gasteiger partial charge is 0.481 e. The van der Waals surface area contributed by atoms with Crippen molar-refractivity contribution in [3.05, 3.63) is 0 Å². The number of hydrogen-bond donors (Lipinski definition) is 2. The summed E-state index contributed by atoms with van der Waals surface area (Å²) in [5, 5.41) is 17.6. The normalized spacial score (nSPS) is 13.9. The molecule has 1 atom stereocenters. The smallest absolute Gasteiger partial charge is 0.453 e. The maximum atomic E-state index is 12.8. The van der Waals surface area contributed by atoms with E-state index in [2.05, 4.69) is 0 Å². The predicted octanol–water partition coefficient (Wildman–Crippen LogP) is 5.17. The third kappa shape index (κ3) is 10.1. The van der Waals surface area contributed by atoms with E-state index in [4.69, 9.17) is 10.2 Å². The molecule has 0 spiro atoms. The van der Waals surface area contributed by atoms with Crippen molar-refractivity contribution in [3.8, 4) is 0 Å². The summed E-state index contributed by atoms with van der Waals surface area (Å²) in [5.74, 6) is -6.78. The van der Waals surface area contributed by atoms with Crippen LogP contribution in [0.25, 0.3) is 0 Å². The summed E-state index contributed by atoms with van der Waals surface area (Å²) in [7, 11) is 0.